The first-order valence-corrected chi connectivity index (χ1v) is 7.50. The van der Waals surface area contributed by atoms with Crippen LogP contribution in [-0.4, -0.2) is 14.1 Å². The Hall–Kier alpha value is -2.55. The third kappa shape index (κ3) is 1.86. The van der Waals surface area contributed by atoms with Crippen LogP contribution in [0, 0.1) is 0 Å². The van der Waals surface area contributed by atoms with Crippen molar-refractivity contribution in [1.82, 2.24) is 0 Å². The van der Waals surface area contributed by atoms with E-state index in [0.717, 1.165) is 35.4 Å². The van der Waals surface area contributed by atoms with E-state index >= 15 is 0 Å². The zero-order chi connectivity index (χ0) is 15.3. The maximum absolute atomic E-state index is 12.8. The van der Waals surface area contributed by atoms with Gasteiger partial charge in [-0.15, -0.1) is 0 Å². The highest BCUT2D eigenvalue weighted by Crippen LogP contribution is 2.34. The van der Waals surface area contributed by atoms with E-state index in [9.17, 15) is 4.79 Å². The summed E-state index contributed by atoms with van der Waals surface area (Å²) in [5.41, 5.74) is 4.91. The number of rotatable bonds is 1. The van der Waals surface area contributed by atoms with E-state index in [1.54, 1.807) is 0 Å². The van der Waals surface area contributed by atoms with Gasteiger partial charge in [-0.2, -0.15) is 0 Å². The molecule has 0 spiro atoms. The molecule has 0 atom stereocenters. The van der Waals surface area contributed by atoms with Crippen LogP contribution in [0.1, 0.15) is 11.1 Å². The van der Waals surface area contributed by atoms with Crippen LogP contribution in [0.3, 0.4) is 0 Å². The average Bonchev–Trinajstić information content (AvgIpc) is 2.54. The molecular formula is C19H17NO2. The monoisotopic (exact) mass is 291 g/mol. The Balaban J connectivity index is 2.05. The van der Waals surface area contributed by atoms with Gasteiger partial charge >= 0.3 is 0 Å². The van der Waals surface area contributed by atoms with E-state index in [-0.39, 0.29) is 5.43 Å². The second-order valence-corrected chi connectivity index (χ2v) is 5.97. The summed E-state index contributed by atoms with van der Waals surface area (Å²) in [6.45, 7) is 0. The molecule has 3 heteroatoms. The van der Waals surface area contributed by atoms with Crippen LogP contribution in [-0.2, 0) is 12.8 Å². The van der Waals surface area contributed by atoms with Crippen molar-refractivity contribution in [1.29, 1.82) is 0 Å². The highest BCUT2D eigenvalue weighted by molar-refractivity contribution is 5.84. The number of hydrogen-bond acceptors (Lipinski definition) is 3. The molecule has 0 bridgehead atoms. The van der Waals surface area contributed by atoms with Gasteiger partial charge < -0.3 is 9.32 Å². The van der Waals surface area contributed by atoms with Crippen LogP contribution < -0.4 is 10.3 Å². The first-order chi connectivity index (χ1) is 10.6. The van der Waals surface area contributed by atoms with Crippen molar-refractivity contribution in [2.24, 2.45) is 0 Å². The maximum atomic E-state index is 12.8. The summed E-state index contributed by atoms with van der Waals surface area (Å²) in [6.07, 6.45) is 1.65. The van der Waals surface area contributed by atoms with Crippen LogP contribution in [0.15, 0.2) is 51.7 Å². The van der Waals surface area contributed by atoms with E-state index in [4.69, 9.17) is 4.42 Å². The fraction of sp³-hybridized carbons (Fsp3) is 0.211. The molecule has 1 aliphatic rings. The molecule has 2 aromatic carbocycles. The smallest absolute Gasteiger partial charge is 0.196 e. The van der Waals surface area contributed by atoms with Crippen molar-refractivity contribution >= 4 is 16.7 Å². The Kier molecular flexibility index (Phi) is 2.83. The summed E-state index contributed by atoms with van der Waals surface area (Å²) < 4.78 is 6.16. The predicted octanol–water partition coefficient (Wildman–Crippen LogP) is 3.62. The van der Waals surface area contributed by atoms with Crippen molar-refractivity contribution in [2.75, 3.05) is 19.0 Å². The van der Waals surface area contributed by atoms with Gasteiger partial charge in [-0.05, 0) is 30.5 Å². The minimum Gasteiger partial charge on any atom is -0.455 e. The Labute approximate surface area is 128 Å². The van der Waals surface area contributed by atoms with Crippen LogP contribution in [0.4, 0.5) is 5.69 Å². The normalized spacial score (nSPS) is 12.8. The van der Waals surface area contributed by atoms with E-state index in [0.29, 0.717) is 11.0 Å². The van der Waals surface area contributed by atoms with Crippen molar-refractivity contribution in [3.8, 4) is 11.3 Å². The summed E-state index contributed by atoms with van der Waals surface area (Å²) in [6, 6.07) is 14.0. The summed E-state index contributed by atoms with van der Waals surface area (Å²) >= 11 is 0. The van der Waals surface area contributed by atoms with Gasteiger partial charge in [-0.1, -0.05) is 24.3 Å². The van der Waals surface area contributed by atoms with Gasteiger partial charge in [0.2, 0.25) is 0 Å². The molecule has 0 N–H and O–H groups in total. The quantitative estimate of drug-likeness (QED) is 0.686. The Morgan fingerprint density at radius 2 is 1.86 bits per heavy atom. The fourth-order valence-electron chi connectivity index (χ4n) is 3.16. The third-order valence-electron chi connectivity index (χ3n) is 4.39. The molecule has 110 valence electrons. The average molecular weight is 291 g/mol. The number of anilines is 1. The number of fused-ring (bicyclic) bond motifs is 4. The molecule has 0 unspecified atom stereocenters. The third-order valence-corrected chi connectivity index (χ3v) is 4.39. The molecule has 0 aliphatic heterocycles. The van der Waals surface area contributed by atoms with Gasteiger partial charge in [0.25, 0.3) is 0 Å². The SMILES string of the molecule is CN(C)c1ccc2c(=O)c3c(oc2c1)-c1ccccc1CC3. The first-order valence-electron chi connectivity index (χ1n) is 7.50. The Morgan fingerprint density at radius 1 is 1.05 bits per heavy atom. The molecule has 1 aliphatic carbocycles. The van der Waals surface area contributed by atoms with Crippen molar-refractivity contribution in [2.45, 2.75) is 12.8 Å². The summed E-state index contributed by atoms with van der Waals surface area (Å²) in [5, 5.41) is 0.670. The minimum atomic E-state index is 0.107. The molecule has 1 heterocycles. The number of nitrogens with zero attached hydrogens (tertiary/aromatic N) is 1. The lowest BCUT2D eigenvalue weighted by molar-refractivity contribution is 0.602. The molecule has 0 radical (unpaired) electrons. The van der Waals surface area contributed by atoms with Crippen LogP contribution in [0.25, 0.3) is 22.3 Å². The van der Waals surface area contributed by atoms with Gasteiger partial charge in [-0.25, -0.2) is 0 Å². The minimum absolute atomic E-state index is 0.107. The molecule has 4 rings (SSSR count). The van der Waals surface area contributed by atoms with Crippen molar-refractivity contribution in [3.05, 3.63) is 63.8 Å². The Morgan fingerprint density at radius 3 is 2.68 bits per heavy atom. The van der Waals surface area contributed by atoms with Gasteiger partial charge in [0.05, 0.1) is 5.39 Å². The fourth-order valence-corrected chi connectivity index (χ4v) is 3.16. The number of aryl methyl sites for hydroxylation is 1. The van der Waals surface area contributed by atoms with Crippen molar-refractivity contribution < 1.29 is 4.42 Å². The van der Waals surface area contributed by atoms with E-state index < -0.39 is 0 Å². The zero-order valence-electron chi connectivity index (χ0n) is 12.7. The van der Waals surface area contributed by atoms with Gasteiger partial charge in [0, 0.05) is 37.0 Å². The molecule has 0 saturated carbocycles. The van der Waals surface area contributed by atoms with E-state index in [1.165, 1.54) is 5.56 Å². The standard InChI is InChI=1S/C19H17NO2/c1-20(2)13-8-10-15-17(11-13)22-19-14-6-4-3-5-12(14)7-9-16(19)18(15)21/h3-6,8,10-11H,7,9H2,1-2H3. The molecule has 0 saturated heterocycles. The molecule has 1 aromatic heterocycles. The second kappa shape index (κ2) is 4.73. The lowest BCUT2D eigenvalue weighted by Gasteiger charge is -2.19. The van der Waals surface area contributed by atoms with E-state index in [1.807, 2.05) is 55.4 Å². The molecule has 22 heavy (non-hydrogen) atoms. The molecule has 3 nitrogen and oxygen atoms in total. The molecule has 0 amide bonds. The molecule has 0 fully saturated rings. The highest BCUT2D eigenvalue weighted by atomic mass is 16.3. The summed E-state index contributed by atoms with van der Waals surface area (Å²) in [5.74, 6) is 0.746. The van der Waals surface area contributed by atoms with E-state index in [2.05, 4.69) is 6.07 Å². The molecule has 3 aromatic rings. The van der Waals surface area contributed by atoms with Gasteiger partial charge in [0.15, 0.2) is 5.43 Å². The first kappa shape index (κ1) is 13.1. The topological polar surface area (TPSA) is 33.5 Å². The maximum Gasteiger partial charge on any atom is 0.196 e. The summed E-state index contributed by atoms with van der Waals surface area (Å²) in [7, 11) is 3.96. The predicted molar refractivity (Wildman–Crippen MR) is 89.7 cm³/mol. The van der Waals surface area contributed by atoms with Gasteiger partial charge in [0.1, 0.15) is 11.3 Å². The highest BCUT2D eigenvalue weighted by Gasteiger charge is 2.22. The number of hydrogen-bond donors (Lipinski definition) is 0. The number of benzene rings is 2. The van der Waals surface area contributed by atoms with Gasteiger partial charge in [-0.3, -0.25) is 4.79 Å². The van der Waals surface area contributed by atoms with Crippen LogP contribution in [0.2, 0.25) is 0 Å². The van der Waals surface area contributed by atoms with Crippen molar-refractivity contribution in [3.63, 3.8) is 0 Å². The van der Waals surface area contributed by atoms with Crippen LogP contribution >= 0.6 is 0 Å². The molecular weight excluding hydrogens is 274 g/mol. The Bertz CT molecular complexity index is 938. The zero-order valence-corrected chi connectivity index (χ0v) is 12.7. The van der Waals surface area contributed by atoms with Crippen LogP contribution in [0.5, 0.6) is 0 Å². The second-order valence-electron chi connectivity index (χ2n) is 5.97. The summed E-state index contributed by atoms with van der Waals surface area (Å²) in [4.78, 5) is 14.8. The largest absolute Gasteiger partial charge is 0.455 e. The lowest BCUT2D eigenvalue weighted by Crippen LogP contribution is -2.16. The lowest BCUT2D eigenvalue weighted by atomic mass is 9.89.